The molecule has 2 rings (SSSR count). The highest BCUT2D eigenvalue weighted by Gasteiger charge is 2.14. The third kappa shape index (κ3) is 3.04. The fraction of sp³-hybridized carbons (Fsp3) is 0.267. The molecule has 0 saturated heterocycles. The summed E-state index contributed by atoms with van der Waals surface area (Å²) < 4.78 is 1.64. The van der Waals surface area contributed by atoms with E-state index in [1.807, 2.05) is 19.1 Å². The van der Waals surface area contributed by atoms with E-state index in [4.69, 9.17) is 5.26 Å². The zero-order valence-electron chi connectivity index (χ0n) is 11.6. The Kier molecular flexibility index (Phi) is 4.16. The van der Waals surface area contributed by atoms with Gasteiger partial charge < -0.3 is 5.32 Å². The summed E-state index contributed by atoms with van der Waals surface area (Å²) in [6.07, 6.45) is 2.81. The first-order valence-electron chi connectivity index (χ1n) is 6.43. The molecule has 0 radical (unpaired) electrons. The van der Waals surface area contributed by atoms with Crippen LogP contribution in [0.4, 0.5) is 5.69 Å². The third-order valence-electron chi connectivity index (χ3n) is 2.98. The van der Waals surface area contributed by atoms with Crippen LogP contribution in [0.1, 0.15) is 28.5 Å². The van der Waals surface area contributed by atoms with Crippen LogP contribution in [-0.4, -0.2) is 15.7 Å². The second kappa shape index (κ2) is 6.02. The molecule has 0 aliphatic rings. The fourth-order valence-electron chi connectivity index (χ4n) is 1.98. The molecule has 0 bridgehead atoms. The Balaban J connectivity index is 2.13. The molecule has 20 heavy (non-hydrogen) atoms. The molecule has 1 aromatic carbocycles. The lowest BCUT2D eigenvalue weighted by Gasteiger charge is -2.05. The number of nitrogens with one attached hydrogen (secondary N) is 1. The van der Waals surface area contributed by atoms with E-state index < -0.39 is 0 Å². The van der Waals surface area contributed by atoms with Crippen molar-refractivity contribution in [3.63, 3.8) is 0 Å². The first kappa shape index (κ1) is 13.8. The number of benzene rings is 1. The number of hydrogen-bond donors (Lipinski definition) is 1. The third-order valence-corrected chi connectivity index (χ3v) is 2.98. The van der Waals surface area contributed by atoms with E-state index >= 15 is 0 Å². The number of rotatable bonds is 4. The van der Waals surface area contributed by atoms with Crippen molar-refractivity contribution in [1.29, 1.82) is 5.26 Å². The molecule has 5 heteroatoms. The summed E-state index contributed by atoms with van der Waals surface area (Å²) >= 11 is 0. The maximum atomic E-state index is 12.2. The second-order valence-corrected chi connectivity index (χ2v) is 4.50. The van der Waals surface area contributed by atoms with Gasteiger partial charge in [-0.3, -0.25) is 9.48 Å². The molecule has 2 aromatic rings. The highest BCUT2D eigenvalue weighted by atomic mass is 16.1. The summed E-state index contributed by atoms with van der Waals surface area (Å²) in [5.41, 5.74) is 3.02. The van der Waals surface area contributed by atoms with Gasteiger partial charge in [0.05, 0.1) is 23.7 Å². The van der Waals surface area contributed by atoms with Crippen molar-refractivity contribution < 1.29 is 4.79 Å². The van der Waals surface area contributed by atoms with Crippen molar-refractivity contribution in [2.24, 2.45) is 7.05 Å². The molecule has 5 nitrogen and oxygen atoms in total. The van der Waals surface area contributed by atoms with Crippen molar-refractivity contribution in [2.75, 3.05) is 5.32 Å². The van der Waals surface area contributed by atoms with Crippen LogP contribution >= 0.6 is 0 Å². The van der Waals surface area contributed by atoms with Crippen molar-refractivity contribution >= 4 is 11.6 Å². The van der Waals surface area contributed by atoms with Gasteiger partial charge >= 0.3 is 0 Å². The molecule has 0 atom stereocenters. The van der Waals surface area contributed by atoms with Crippen LogP contribution in [0, 0.1) is 11.3 Å². The number of carbonyl (C=O) groups excluding carboxylic acids is 1. The van der Waals surface area contributed by atoms with Crippen molar-refractivity contribution in [2.45, 2.75) is 19.8 Å². The normalized spacial score (nSPS) is 10.1. The van der Waals surface area contributed by atoms with Gasteiger partial charge in [0.25, 0.3) is 5.91 Å². The monoisotopic (exact) mass is 268 g/mol. The second-order valence-electron chi connectivity index (χ2n) is 4.50. The number of nitrogens with zero attached hydrogens (tertiary/aromatic N) is 3. The van der Waals surface area contributed by atoms with Crippen LogP contribution in [0.2, 0.25) is 0 Å². The van der Waals surface area contributed by atoms with E-state index in [1.54, 1.807) is 30.1 Å². The molecule has 0 spiro atoms. The number of carbonyl (C=O) groups is 1. The van der Waals surface area contributed by atoms with Crippen LogP contribution in [-0.2, 0) is 19.9 Å². The fourth-order valence-corrected chi connectivity index (χ4v) is 1.98. The predicted molar refractivity (Wildman–Crippen MR) is 76.3 cm³/mol. The molecule has 102 valence electrons. The SMILES string of the molecule is CCc1nn(C)cc1C(=O)Nc1ccc(CC#N)cc1. The Morgan fingerprint density at radius 2 is 2.10 bits per heavy atom. The van der Waals surface area contributed by atoms with Gasteiger partial charge in [-0.25, -0.2) is 0 Å². The Hall–Kier alpha value is -2.61. The Labute approximate surface area is 117 Å². The number of nitriles is 1. The Bertz CT molecular complexity index is 650. The molecule has 1 heterocycles. The van der Waals surface area contributed by atoms with Crippen LogP contribution in [0.3, 0.4) is 0 Å². The van der Waals surface area contributed by atoms with Crippen LogP contribution in [0.25, 0.3) is 0 Å². The van der Waals surface area contributed by atoms with Gasteiger partial charge in [0.15, 0.2) is 0 Å². The Morgan fingerprint density at radius 1 is 1.40 bits per heavy atom. The van der Waals surface area contributed by atoms with Gasteiger partial charge in [-0.1, -0.05) is 19.1 Å². The molecular formula is C15H16N4O. The average molecular weight is 268 g/mol. The summed E-state index contributed by atoms with van der Waals surface area (Å²) in [4.78, 5) is 12.2. The maximum absolute atomic E-state index is 12.2. The van der Waals surface area contributed by atoms with Gasteiger partial charge in [-0.2, -0.15) is 10.4 Å². The number of hydrogen-bond acceptors (Lipinski definition) is 3. The van der Waals surface area contributed by atoms with Crippen molar-refractivity contribution in [3.8, 4) is 6.07 Å². The summed E-state index contributed by atoms with van der Waals surface area (Å²) in [6.45, 7) is 1.97. The number of aromatic nitrogens is 2. The smallest absolute Gasteiger partial charge is 0.259 e. The molecule has 1 amide bonds. The van der Waals surface area contributed by atoms with E-state index in [0.717, 1.165) is 11.3 Å². The summed E-state index contributed by atoms with van der Waals surface area (Å²) in [6, 6.07) is 9.36. The summed E-state index contributed by atoms with van der Waals surface area (Å²) in [5.74, 6) is -0.164. The standard InChI is InChI=1S/C15H16N4O/c1-3-14-13(10-19(2)18-14)15(20)17-12-6-4-11(5-7-12)8-9-16/h4-7,10H,3,8H2,1-2H3,(H,17,20). The number of amides is 1. The van der Waals surface area contributed by atoms with Gasteiger partial charge in [-0.05, 0) is 24.1 Å². The lowest BCUT2D eigenvalue weighted by atomic mass is 10.1. The molecule has 0 fully saturated rings. The van der Waals surface area contributed by atoms with Gasteiger partial charge in [0, 0.05) is 18.9 Å². The minimum Gasteiger partial charge on any atom is -0.322 e. The Morgan fingerprint density at radius 3 is 2.70 bits per heavy atom. The van der Waals surface area contributed by atoms with Crippen LogP contribution < -0.4 is 5.32 Å². The molecule has 0 saturated carbocycles. The topological polar surface area (TPSA) is 70.7 Å². The molecule has 1 N–H and O–H groups in total. The van der Waals surface area contributed by atoms with E-state index in [9.17, 15) is 4.79 Å². The average Bonchev–Trinajstić information content (AvgIpc) is 2.82. The number of aryl methyl sites for hydroxylation is 2. The quantitative estimate of drug-likeness (QED) is 0.924. The van der Waals surface area contributed by atoms with Crippen molar-refractivity contribution in [3.05, 3.63) is 47.3 Å². The molecule has 0 unspecified atom stereocenters. The molecule has 0 aliphatic heterocycles. The predicted octanol–water partition coefficient (Wildman–Crippen LogP) is 2.30. The van der Waals surface area contributed by atoms with E-state index in [0.29, 0.717) is 24.1 Å². The zero-order chi connectivity index (χ0) is 14.5. The first-order chi connectivity index (χ1) is 9.63. The first-order valence-corrected chi connectivity index (χ1v) is 6.43. The maximum Gasteiger partial charge on any atom is 0.259 e. The van der Waals surface area contributed by atoms with Gasteiger partial charge in [0.2, 0.25) is 0 Å². The van der Waals surface area contributed by atoms with E-state index in [2.05, 4.69) is 16.5 Å². The summed E-state index contributed by atoms with van der Waals surface area (Å²) in [7, 11) is 1.80. The summed E-state index contributed by atoms with van der Waals surface area (Å²) in [5, 5.41) is 15.7. The van der Waals surface area contributed by atoms with E-state index in [1.165, 1.54) is 0 Å². The minimum absolute atomic E-state index is 0.164. The lowest BCUT2D eigenvalue weighted by molar-refractivity contribution is 0.102. The molecular weight excluding hydrogens is 252 g/mol. The lowest BCUT2D eigenvalue weighted by Crippen LogP contribution is -2.13. The zero-order valence-corrected chi connectivity index (χ0v) is 11.6. The largest absolute Gasteiger partial charge is 0.322 e. The van der Waals surface area contributed by atoms with Crippen LogP contribution in [0.5, 0.6) is 0 Å². The minimum atomic E-state index is -0.164. The molecule has 1 aromatic heterocycles. The highest BCUT2D eigenvalue weighted by molar-refractivity contribution is 6.04. The van der Waals surface area contributed by atoms with Gasteiger partial charge in [0.1, 0.15) is 0 Å². The van der Waals surface area contributed by atoms with Crippen LogP contribution in [0.15, 0.2) is 30.5 Å². The number of anilines is 1. The van der Waals surface area contributed by atoms with Gasteiger partial charge in [-0.15, -0.1) is 0 Å². The highest BCUT2D eigenvalue weighted by Crippen LogP contribution is 2.13. The van der Waals surface area contributed by atoms with Crippen molar-refractivity contribution in [1.82, 2.24) is 9.78 Å². The van der Waals surface area contributed by atoms with E-state index in [-0.39, 0.29) is 5.91 Å². The molecule has 0 aliphatic carbocycles.